The zero-order valence-corrected chi connectivity index (χ0v) is 10.5. The molecule has 1 aromatic rings. The Labute approximate surface area is 101 Å². The normalized spacial score (nSPS) is 11.1. The summed E-state index contributed by atoms with van der Waals surface area (Å²) >= 11 is 5.99. The van der Waals surface area contributed by atoms with Crippen molar-refractivity contribution in [3.63, 3.8) is 0 Å². The van der Waals surface area contributed by atoms with Crippen molar-refractivity contribution in [3.05, 3.63) is 34.6 Å². The predicted molar refractivity (Wildman–Crippen MR) is 66.3 cm³/mol. The summed E-state index contributed by atoms with van der Waals surface area (Å²) in [7, 11) is 2.00. The molecule has 0 amide bonds. The van der Waals surface area contributed by atoms with Gasteiger partial charge in [0.25, 0.3) is 0 Å². The van der Waals surface area contributed by atoms with Gasteiger partial charge >= 0.3 is 0 Å². The Morgan fingerprint density at radius 2 is 2.19 bits per heavy atom. The van der Waals surface area contributed by atoms with Gasteiger partial charge in [0.2, 0.25) is 0 Å². The predicted octanol–water partition coefficient (Wildman–Crippen LogP) is 2.52. The van der Waals surface area contributed by atoms with Crippen LogP contribution in [0.15, 0.2) is 18.2 Å². The third-order valence-corrected chi connectivity index (χ3v) is 2.74. The van der Waals surface area contributed by atoms with E-state index in [-0.39, 0.29) is 5.82 Å². The summed E-state index contributed by atoms with van der Waals surface area (Å²) in [6.45, 7) is 5.56. The molecule has 0 aliphatic rings. The van der Waals surface area contributed by atoms with Crippen molar-refractivity contribution in [1.82, 2.24) is 10.2 Å². The van der Waals surface area contributed by atoms with Crippen LogP contribution in [0.2, 0.25) is 5.02 Å². The van der Waals surface area contributed by atoms with Crippen LogP contribution in [0.1, 0.15) is 12.5 Å². The summed E-state index contributed by atoms with van der Waals surface area (Å²) in [5, 5.41) is 3.86. The first-order valence-corrected chi connectivity index (χ1v) is 5.84. The van der Waals surface area contributed by atoms with Crippen LogP contribution in [0.5, 0.6) is 0 Å². The lowest BCUT2D eigenvalue weighted by molar-refractivity contribution is 0.325. The molecule has 16 heavy (non-hydrogen) atoms. The van der Waals surface area contributed by atoms with Crippen LogP contribution in [0.25, 0.3) is 0 Å². The van der Waals surface area contributed by atoms with E-state index in [0.717, 1.165) is 25.2 Å². The fourth-order valence-corrected chi connectivity index (χ4v) is 1.66. The molecular weight excluding hydrogens is 227 g/mol. The molecule has 1 aromatic carbocycles. The van der Waals surface area contributed by atoms with Gasteiger partial charge in [-0.05, 0) is 37.4 Å². The van der Waals surface area contributed by atoms with E-state index in [0.29, 0.717) is 11.6 Å². The van der Waals surface area contributed by atoms with Crippen LogP contribution >= 0.6 is 11.6 Å². The number of hydrogen-bond donors (Lipinski definition) is 1. The molecule has 0 spiro atoms. The van der Waals surface area contributed by atoms with Crippen LogP contribution < -0.4 is 5.32 Å². The Hall–Kier alpha value is -0.640. The maximum atomic E-state index is 13.0. The van der Waals surface area contributed by atoms with E-state index in [4.69, 9.17) is 11.6 Å². The van der Waals surface area contributed by atoms with Crippen molar-refractivity contribution in [3.8, 4) is 0 Å². The molecule has 0 aromatic heterocycles. The Morgan fingerprint density at radius 1 is 1.44 bits per heavy atom. The van der Waals surface area contributed by atoms with E-state index < -0.39 is 0 Å². The van der Waals surface area contributed by atoms with Gasteiger partial charge in [-0.15, -0.1) is 0 Å². The molecule has 0 unspecified atom stereocenters. The zero-order valence-electron chi connectivity index (χ0n) is 9.76. The Kier molecular flexibility index (Phi) is 5.74. The average Bonchev–Trinajstić information content (AvgIpc) is 2.24. The molecule has 0 aliphatic heterocycles. The van der Waals surface area contributed by atoms with Crippen LogP contribution in [-0.2, 0) is 6.54 Å². The molecule has 0 saturated heterocycles. The zero-order chi connectivity index (χ0) is 12.0. The highest BCUT2D eigenvalue weighted by atomic mass is 35.5. The third kappa shape index (κ3) is 4.47. The van der Waals surface area contributed by atoms with E-state index in [1.165, 1.54) is 12.1 Å². The van der Waals surface area contributed by atoms with Gasteiger partial charge in [-0.1, -0.05) is 18.5 Å². The number of benzene rings is 1. The van der Waals surface area contributed by atoms with Crippen molar-refractivity contribution < 1.29 is 4.39 Å². The van der Waals surface area contributed by atoms with E-state index in [9.17, 15) is 4.39 Å². The van der Waals surface area contributed by atoms with Crippen LogP contribution in [0.4, 0.5) is 4.39 Å². The van der Waals surface area contributed by atoms with E-state index >= 15 is 0 Å². The summed E-state index contributed by atoms with van der Waals surface area (Å²) in [4.78, 5) is 2.11. The topological polar surface area (TPSA) is 15.3 Å². The van der Waals surface area contributed by atoms with Gasteiger partial charge in [0.1, 0.15) is 5.82 Å². The van der Waals surface area contributed by atoms with Crippen LogP contribution in [0.3, 0.4) is 0 Å². The fraction of sp³-hybridized carbons (Fsp3) is 0.500. The standard InChI is InChI=1S/C12H18ClFN2/c1-3-15-6-7-16(2)9-10-8-11(14)4-5-12(10)13/h4-5,8,15H,3,6-7,9H2,1-2H3. The second kappa shape index (κ2) is 6.84. The first-order valence-electron chi connectivity index (χ1n) is 5.46. The van der Waals surface area contributed by atoms with Crippen molar-refractivity contribution >= 4 is 11.6 Å². The number of halogens is 2. The van der Waals surface area contributed by atoms with Gasteiger partial charge in [-0.3, -0.25) is 0 Å². The van der Waals surface area contributed by atoms with Gasteiger partial charge in [0.15, 0.2) is 0 Å². The minimum absolute atomic E-state index is 0.237. The summed E-state index contributed by atoms with van der Waals surface area (Å²) in [6.07, 6.45) is 0. The quantitative estimate of drug-likeness (QED) is 0.774. The second-order valence-corrected chi connectivity index (χ2v) is 4.23. The van der Waals surface area contributed by atoms with Gasteiger partial charge in [0, 0.05) is 24.7 Å². The highest BCUT2D eigenvalue weighted by Gasteiger charge is 2.05. The molecule has 0 fully saturated rings. The Morgan fingerprint density at radius 3 is 2.88 bits per heavy atom. The molecular formula is C12H18ClFN2. The number of likely N-dealkylation sites (N-methyl/N-ethyl adjacent to an activating group) is 2. The monoisotopic (exact) mass is 244 g/mol. The lowest BCUT2D eigenvalue weighted by Crippen LogP contribution is -2.28. The molecule has 0 radical (unpaired) electrons. The summed E-state index contributed by atoms with van der Waals surface area (Å²) < 4.78 is 13.0. The molecule has 1 rings (SSSR count). The minimum Gasteiger partial charge on any atom is -0.316 e. The molecule has 0 bridgehead atoms. The van der Waals surface area contributed by atoms with Gasteiger partial charge in [-0.2, -0.15) is 0 Å². The second-order valence-electron chi connectivity index (χ2n) is 3.83. The molecule has 1 N–H and O–H groups in total. The van der Waals surface area contributed by atoms with Crippen molar-refractivity contribution in [2.24, 2.45) is 0 Å². The first kappa shape index (κ1) is 13.4. The van der Waals surface area contributed by atoms with Crippen LogP contribution in [-0.4, -0.2) is 31.6 Å². The molecule has 90 valence electrons. The first-order chi connectivity index (χ1) is 7.63. The highest BCUT2D eigenvalue weighted by molar-refractivity contribution is 6.31. The lowest BCUT2D eigenvalue weighted by Gasteiger charge is -2.17. The van der Waals surface area contributed by atoms with Crippen molar-refractivity contribution in [2.45, 2.75) is 13.5 Å². The van der Waals surface area contributed by atoms with Crippen molar-refractivity contribution in [2.75, 3.05) is 26.7 Å². The third-order valence-electron chi connectivity index (χ3n) is 2.37. The highest BCUT2D eigenvalue weighted by Crippen LogP contribution is 2.18. The molecule has 2 nitrogen and oxygen atoms in total. The maximum Gasteiger partial charge on any atom is 0.123 e. The molecule has 4 heteroatoms. The molecule has 0 saturated carbocycles. The summed E-state index contributed by atoms with van der Waals surface area (Å²) in [5.41, 5.74) is 0.834. The molecule has 0 atom stereocenters. The van der Waals surface area contributed by atoms with E-state index in [2.05, 4.69) is 17.1 Å². The number of hydrogen-bond acceptors (Lipinski definition) is 2. The van der Waals surface area contributed by atoms with Crippen molar-refractivity contribution in [1.29, 1.82) is 0 Å². The SMILES string of the molecule is CCNCCN(C)Cc1cc(F)ccc1Cl. The summed E-state index contributed by atoms with van der Waals surface area (Å²) in [6, 6.07) is 4.47. The lowest BCUT2D eigenvalue weighted by atomic mass is 10.2. The largest absolute Gasteiger partial charge is 0.316 e. The van der Waals surface area contributed by atoms with Gasteiger partial charge in [-0.25, -0.2) is 4.39 Å². The van der Waals surface area contributed by atoms with Gasteiger partial charge < -0.3 is 10.2 Å². The van der Waals surface area contributed by atoms with Crippen LogP contribution in [0, 0.1) is 5.82 Å². The smallest absolute Gasteiger partial charge is 0.123 e. The molecule has 0 heterocycles. The summed E-state index contributed by atoms with van der Waals surface area (Å²) in [5.74, 6) is -0.237. The number of nitrogens with one attached hydrogen (secondary N) is 1. The Balaban J connectivity index is 2.48. The maximum absolute atomic E-state index is 13.0. The number of rotatable bonds is 6. The average molecular weight is 245 g/mol. The minimum atomic E-state index is -0.237. The van der Waals surface area contributed by atoms with Gasteiger partial charge in [0.05, 0.1) is 0 Å². The van der Waals surface area contributed by atoms with E-state index in [1.807, 2.05) is 7.05 Å². The fourth-order valence-electron chi connectivity index (χ4n) is 1.48. The Bertz CT molecular complexity index is 331. The number of nitrogens with zero attached hydrogens (tertiary/aromatic N) is 1. The van der Waals surface area contributed by atoms with E-state index in [1.54, 1.807) is 6.07 Å². The molecule has 0 aliphatic carbocycles.